The molecule has 2 N–H and O–H groups in total. The van der Waals surface area contributed by atoms with Crippen molar-refractivity contribution in [2.75, 3.05) is 6.54 Å². The minimum atomic E-state index is -3.67. The van der Waals surface area contributed by atoms with Crippen LogP contribution in [0.1, 0.15) is 38.3 Å². The van der Waals surface area contributed by atoms with Crippen molar-refractivity contribution < 1.29 is 17.6 Å². The molecule has 1 aromatic carbocycles. The predicted octanol–water partition coefficient (Wildman–Crippen LogP) is 3.62. The van der Waals surface area contributed by atoms with Crippen LogP contribution in [0.5, 0.6) is 0 Å². The maximum Gasteiger partial charge on any atom is 0.240 e. The first-order valence-electron chi connectivity index (χ1n) is 10.0. The summed E-state index contributed by atoms with van der Waals surface area (Å²) in [7, 11) is -3.67. The molecule has 3 aromatic rings. The summed E-state index contributed by atoms with van der Waals surface area (Å²) in [6, 6.07) is 14.0. The number of amides is 1. The van der Waals surface area contributed by atoms with Crippen molar-refractivity contribution in [3.05, 3.63) is 72.1 Å². The number of furan rings is 1. The van der Waals surface area contributed by atoms with Crippen molar-refractivity contribution in [2.45, 2.75) is 44.0 Å². The Bertz CT molecular complexity index is 1120. The van der Waals surface area contributed by atoms with Crippen molar-refractivity contribution in [1.82, 2.24) is 15.0 Å². The molecule has 0 aliphatic carbocycles. The fourth-order valence-corrected chi connectivity index (χ4v) is 4.05. The van der Waals surface area contributed by atoms with Crippen molar-refractivity contribution >= 4 is 15.9 Å². The van der Waals surface area contributed by atoms with E-state index in [4.69, 9.17) is 4.42 Å². The van der Waals surface area contributed by atoms with Crippen LogP contribution in [0.2, 0.25) is 0 Å². The summed E-state index contributed by atoms with van der Waals surface area (Å²) in [5.74, 6) is 0.357. The summed E-state index contributed by atoms with van der Waals surface area (Å²) < 4.78 is 32.8. The summed E-state index contributed by atoms with van der Waals surface area (Å²) in [6.07, 6.45) is 3.25. The third-order valence-corrected chi connectivity index (χ3v) is 6.27. The van der Waals surface area contributed by atoms with Crippen LogP contribution in [-0.2, 0) is 26.8 Å². The van der Waals surface area contributed by atoms with Gasteiger partial charge in [0.1, 0.15) is 5.69 Å². The lowest BCUT2D eigenvalue weighted by molar-refractivity contribution is -0.121. The Morgan fingerprint density at radius 1 is 1.06 bits per heavy atom. The molecular formula is C23H27N3O4S. The van der Waals surface area contributed by atoms with Crippen LogP contribution in [0.25, 0.3) is 11.5 Å². The largest absolute Gasteiger partial charge is 0.463 e. The number of hydrogen-bond donors (Lipinski definition) is 2. The number of carbonyl (C=O) groups excluding carboxylic acids is 1. The third kappa shape index (κ3) is 6.02. The van der Waals surface area contributed by atoms with E-state index in [9.17, 15) is 13.2 Å². The van der Waals surface area contributed by atoms with Crippen LogP contribution in [0.4, 0.5) is 0 Å². The van der Waals surface area contributed by atoms with Crippen molar-refractivity contribution in [3.8, 4) is 11.5 Å². The zero-order valence-electron chi connectivity index (χ0n) is 17.9. The highest BCUT2D eigenvalue weighted by molar-refractivity contribution is 7.89. The highest BCUT2D eigenvalue weighted by Crippen LogP contribution is 2.23. The summed E-state index contributed by atoms with van der Waals surface area (Å²) in [4.78, 5) is 16.7. The smallest absolute Gasteiger partial charge is 0.240 e. The first kappa shape index (κ1) is 22.7. The molecule has 0 bridgehead atoms. The number of nitrogens with zero attached hydrogens (tertiary/aromatic N) is 1. The van der Waals surface area contributed by atoms with E-state index in [2.05, 4.69) is 35.8 Å². The Balaban J connectivity index is 1.52. The number of sulfonamides is 1. The normalized spacial score (nSPS) is 12.0. The summed E-state index contributed by atoms with van der Waals surface area (Å²) in [5, 5.41) is 2.80. The summed E-state index contributed by atoms with van der Waals surface area (Å²) in [6.45, 7) is 6.47. The molecule has 31 heavy (non-hydrogen) atoms. The van der Waals surface area contributed by atoms with Gasteiger partial charge in [-0.25, -0.2) is 13.1 Å². The number of rotatable bonds is 8. The Kier molecular flexibility index (Phi) is 6.92. The molecule has 8 heteroatoms. The molecule has 7 nitrogen and oxygen atoms in total. The molecular weight excluding hydrogens is 414 g/mol. The highest BCUT2D eigenvalue weighted by Gasteiger charge is 2.18. The number of pyridine rings is 1. The SMILES string of the molecule is CC(C)(C)c1ccc(S(=O)(=O)NCCC(=O)NCc2cccnc2-c2ccco2)cc1. The Morgan fingerprint density at radius 2 is 1.81 bits per heavy atom. The lowest BCUT2D eigenvalue weighted by Crippen LogP contribution is -2.30. The van der Waals surface area contributed by atoms with E-state index in [-0.39, 0.29) is 35.7 Å². The van der Waals surface area contributed by atoms with E-state index in [0.717, 1.165) is 11.1 Å². The zero-order valence-corrected chi connectivity index (χ0v) is 18.7. The van der Waals surface area contributed by atoms with Crippen LogP contribution in [0, 0.1) is 0 Å². The van der Waals surface area contributed by atoms with E-state index in [1.165, 1.54) is 0 Å². The number of hydrogen-bond acceptors (Lipinski definition) is 5. The van der Waals surface area contributed by atoms with Gasteiger partial charge in [-0.15, -0.1) is 0 Å². The first-order valence-corrected chi connectivity index (χ1v) is 11.5. The Hall–Kier alpha value is -2.97. The third-order valence-electron chi connectivity index (χ3n) is 4.80. The second kappa shape index (κ2) is 9.45. The van der Waals surface area contributed by atoms with Gasteiger partial charge < -0.3 is 9.73 Å². The average molecular weight is 442 g/mol. The van der Waals surface area contributed by atoms with E-state index >= 15 is 0 Å². The fraction of sp³-hybridized carbons (Fsp3) is 0.304. The maximum atomic E-state index is 12.5. The van der Waals surface area contributed by atoms with E-state index in [0.29, 0.717) is 11.5 Å². The Labute approximate surface area is 183 Å². The van der Waals surface area contributed by atoms with Gasteiger partial charge in [-0.2, -0.15) is 0 Å². The molecule has 0 fully saturated rings. The highest BCUT2D eigenvalue weighted by atomic mass is 32.2. The van der Waals surface area contributed by atoms with Gasteiger partial charge in [0, 0.05) is 31.3 Å². The van der Waals surface area contributed by atoms with Gasteiger partial charge >= 0.3 is 0 Å². The van der Waals surface area contributed by atoms with Crippen LogP contribution in [0.15, 0.2) is 70.3 Å². The molecule has 0 aliphatic rings. The lowest BCUT2D eigenvalue weighted by Gasteiger charge is -2.19. The van der Waals surface area contributed by atoms with E-state index in [1.807, 2.05) is 18.2 Å². The quantitative estimate of drug-likeness (QED) is 0.556. The van der Waals surface area contributed by atoms with E-state index < -0.39 is 10.0 Å². The zero-order chi connectivity index (χ0) is 22.5. The summed E-state index contributed by atoms with van der Waals surface area (Å²) in [5.41, 5.74) is 2.46. The van der Waals surface area contributed by atoms with Gasteiger partial charge in [0.15, 0.2) is 5.76 Å². The van der Waals surface area contributed by atoms with Crippen LogP contribution < -0.4 is 10.0 Å². The van der Waals surface area contributed by atoms with Crippen LogP contribution in [0.3, 0.4) is 0 Å². The minimum absolute atomic E-state index is 0.00721. The molecule has 0 atom stereocenters. The number of nitrogens with one attached hydrogen (secondary N) is 2. The van der Waals surface area contributed by atoms with Crippen molar-refractivity contribution in [3.63, 3.8) is 0 Å². The van der Waals surface area contributed by atoms with Crippen molar-refractivity contribution in [1.29, 1.82) is 0 Å². The molecule has 0 saturated carbocycles. The molecule has 0 spiro atoms. The number of aromatic nitrogens is 1. The molecule has 0 aliphatic heterocycles. The monoisotopic (exact) mass is 441 g/mol. The number of benzene rings is 1. The van der Waals surface area contributed by atoms with Gasteiger partial charge in [-0.3, -0.25) is 9.78 Å². The second-order valence-electron chi connectivity index (χ2n) is 8.19. The lowest BCUT2D eigenvalue weighted by atomic mass is 9.87. The fourth-order valence-electron chi connectivity index (χ4n) is 3.01. The predicted molar refractivity (Wildman–Crippen MR) is 119 cm³/mol. The number of carbonyl (C=O) groups is 1. The average Bonchev–Trinajstić information content (AvgIpc) is 3.26. The summed E-state index contributed by atoms with van der Waals surface area (Å²) >= 11 is 0. The van der Waals surface area contributed by atoms with E-state index in [1.54, 1.807) is 42.8 Å². The van der Waals surface area contributed by atoms with Gasteiger partial charge in [0.2, 0.25) is 15.9 Å². The van der Waals surface area contributed by atoms with Gasteiger partial charge in [0.25, 0.3) is 0 Å². The molecule has 2 aromatic heterocycles. The first-order chi connectivity index (χ1) is 14.7. The van der Waals surface area contributed by atoms with Gasteiger partial charge in [-0.05, 0) is 41.3 Å². The molecule has 3 rings (SSSR count). The minimum Gasteiger partial charge on any atom is -0.463 e. The maximum absolute atomic E-state index is 12.5. The molecule has 0 unspecified atom stereocenters. The topological polar surface area (TPSA) is 101 Å². The van der Waals surface area contributed by atoms with Crippen LogP contribution in [-0.4, -0.2) is 25.9 Å². The molecule has 1 amide bonds. The molecule has 2 heterocycles. The standard InChI is InChI=1S/C23H27N3O4S/c1-23(2,3)18-8-10-19(11-9-18)31(28,29)26-14-12-21(27)25-16-17-6-4-13-24-22(17)20-7-5-15-30-20/h4-11,13,15,26H,12,14,16H2,1-3H3,(H,25,27). The van der Waals surface area contributed by atoms with Gasteiger partial charge in [-0.1, -0.05) is 39.0 Å². The molecule has 164 valence electrons. The Morgan fingerprint density at radius 3 is 2.45 bits per heavy atom. The second-order valence-corrected chi connectivity index (χ2v) is 9.95. The van der Waals surface area contributed by atoms with Gasteiger partial charge in [0.05, 0.1) is 11.2 Å². The molecule has 0 saturated heterocycles. The van der Waals surface area contributed by atoms with Crippen molar-refractivity contribution in [2.24, 2.45) is 0 Å². The molecule has 0 radical (unpaired) electrons. The van der Waals surface area contributed by atoms with Crippen LogP contribution >= 0.6 is 0 Å².